The summed E-state index contributed by atoms with van der Waals surface area (Å²) in [6.45, 7) is 0. The van der Waals surface area contributed by atoms with E-state index in [2.05, 4.69) is 24.3 Å². The minimum absolute atomic E-state index is 0.359. The topological polar surface area (TPSA) is 17.1 Å². The Kier molecular flexibility index (Phi) is 2.37. The monoisotopic (exact) mass is 234 g/mol. The van der Waals surface area contributed by atoms with Gasteiger partial charge in [-0.3, -0.25) is 4.79 Å². The molecule has 0 bridgehead atoms. The lowest BCUT2D eigenvalue weighted by Gasteiger charge is -1.98. The van der Waals surface area contributed by atoms with Crippen molar-refractivity contribution in [1.82, 2.24) is 0 Å². The van der Waals surface area contributed by atoms with Crippen LogP contribution in [0.3, 0.4) is 0 Å². The minimum Gasteiger partial charge on any atom is -0.294 e. The van der Waals surface area contributed by atoms with E-state index in [4.69, 9.17) is 0 Å². The molecule has 1 aliphatic heterocycles. The van der Waals surface area contributed by atoms with Gasteiger partial charge in [0.1, 0.15) is 0 Å². The van der Waals surface area contributed by atoms with E-state index in [1.807, 2.05) is 0 Å². The summed E-state index contributed by atoms with van der Waals surface area (Å²) in [5.41, 5.74) is 1.07. The molecule has 0 atom stereocenters. The molecule has 1 heterocycles. The standard InChI is InChI=1S/C12H10OS2/c13-9-5-3-4-8(9)12-14-10-6-1-2-7-11(10)15-12/h1-2,6-7H,3-5H2. The summed E-state index contributed by atoms with van der Waals surface area (Å²) in [6, 6.07) is 8.35. The molecule has 0 amide bonds. The molecule has 0 saturated heterocycles. The molecule has 1 aromatic carbocycles. The van der Waals surface area contributed by atoms with E-state index in [1.165, 1.54) is 14.0 Å². The molecule has 0 unspecified atom stereocenters. The molecule has 15 heavy (non-hydrogen) atoms. The van der Waals surface area contributed by atoms with Crippen molar-refractivity contribution in [3.63, 3.8) is 0 Å². The summed E-state index contributed by atoms with van der Waals surface area (Å²) in [7, 11) is 0. The Balaban J connectivity index is 1.99. The molecule has 0 aromatic heterocycles. The third-order valence-corrected chi connectivity index (χ3v) is 5.31. The van der Waals surface area contributed by atoms with Crippen LogP contribution in [-0.4, -0.2) is 5.78 Å². The predicted octanol–water partition coefficient (Wildman–Crippen LogP) is 3.85. The van der Waals surface area contributed by atoms with E-state index in [0.717, 1.165) is 24.8 Å². The lowest BCUT2D eigenvalue weighted by molar-refractivity contribution is -0.114. The van der Waals surface area contributed by atoms with Crippen LogP contribution >= 0.6 is 23.5 Å². The van der Waals surface area contributed by atoms with Crippen molar-refractivity contribution >= 4 is 29.3 Å². The van der Waals surface area contributed by atoms with Crippen molar-refractivity contribution in [2.45, 2.75) is 29.1 Å². The van der Waals surface area contributed by atoms with Crippen molar-refractivity contribution in [3.05, 3.63) is 34.1 Å². The fraction of sp³-hybridized carbons (Fsp3) is 0.250. The first-order valence-corrected chi connectivity index (χ1v) is 6.69. The van der Waals surface area contributed by atoms with Gasteiger partial charge < -0.3 is 0 Å². The maximum Gasteiger partial charge on any atom is 0.160 e. The number of carbonyl (C=O) groups is 1. The Morgan fingerprint density at radius 3 is 2.20 bits per heavy atom. The Hall–Kier alpha value is -0.670. The van der Waals surface area contributed by atoms with Crippen LogP contribution in [0.1, 0.15) is 19.3 Å². The number of hydrogen-bond donors (Lipinski definition) is 0. The summed E-state index contributed by atoms with van der Waals surface area (Å²) in [4.78, 5) is 14.2. The van der Waals surface area contributed by atoms with Crippen LogP contribution in [0.15, 0.2) is 43.9 Å². The highest BCUT2D eigenvalue weighted by Crippen LogP contribution is 2.53. The van der Waals surface area contributed by atoms with Crippen LogP contribution in [0.25, 0.3) is 0 Å². The van der Waals surface area contributed by atoms with Gasteiger partial charge in [-0.1, -0.05) is 35.7 Å². The minimum atomic E-state index is 0.359. The molecular weight excluding hydrogens is 224 g/mol. The first-order valence-electron chi connectivity index (χ1n) is 5.06. The van der Waals surface area contributed by atoms with Crippen molar-refractivity contribution in [2.75, 3.05) is 0 Å². The zero-order valence-corrected chi connectivity index (χ0v) is 9.79. The Morgan fingerprint density at radius 2 is 1.67 bits per heavy atom. The second-order valence-electron chi connectivity index (χ2n) is 3.69. The van der Waals surface area contributed by atoms with Gasteiger partial charge in [-0.15, -0.1) is 0 Å². The summed E-state index contributed by atoms with van der Waals surface area (Å²) in [5, 5.41) is 0. The maximum absolute atomic E-state index is 11.6. The number of ketones is 1. The number of thioether (sulfide) groups is 2. The van der Waals surface area contributed by atoms with Gasteiger partial charge in [0.05, 0.1) is 4.24 Å². The Labute approximate surface area is 97.3 Å². The van der Waals surface area contributed by atoms with Gasteiger partial charge in [0, 0.05) is 21.8 Å². The molecule has 1 aromatic rings. The van der Waals surface area contributed by atoms with Crippen molar-refractivity contribution < 1.29 is 4.79 Å². The van der Waals surface area contributed by atoms with Crippen LogP contribution in [0.4, 0.5) is 0 Å². The highest BCUT2D eigenvalue weighted by Gasteiger charge is 2.26. The molecule has 2 aliphatic rings. The quantitative estimate of drug-likeness (QED) is 0.635. The molecule has 1 nitrogen and oxygen atoms in total. The normalized spacial score (nSPS) is 19.9. The summed E-state index contributed by atoms with van der Waals surface area (Å²) in [6.07, 6.45) is 2.76. The zero-order chi connectivity index (χ0) is 10.3. The first-order chi connectivity index (χ1) is 7.34. The van der Waals surface area contributed by atoms with Gasteiger partial charge >= 0.3 is 0 Å². The highest BCUT2D eigenvalue weighted by molar-refractivity contribution is 8.24. The van der Waals surface area contributed by atoms with Gasteiger partial charge in [-0.05, 0) is 25.0 Å². The van der Waals surface area contributed by atoms with Crippen molar-refractivity contribution in [2.24, 2.45) is 0 Å². The van der Waals surface area contributed by atoms with Crippen LogP contribution in [-0.2, 0) is 4.79 Å². The van der Waals surface area contributed by atoms with Crippen LogP contribution in [0.2, 0.25) is 0 Å². The number of Topliss-reactive ketones (excluding diaryl/α,β-unsaturated/α-hetero) is 1. The molecule has 0 radical (unpaired) electrons. The van der Waals surface area contributed by atoms with Crippen LogP contribution in [0.5, 0.6) is 0 Å². The smallest absolute Gasteiger partial charge is 0.160 e. The molecule has 76 valence electrons. The fourth-order valence-electron chi connectivity index (χ4n) is 1.89. The van der Waals surface area contributed by atoms with Crippen molar-refractivity contribution in [3.8, 4) is 0 Å². The Morgan fingerprint density at radius 1 is 1.00 bits per heavy atom. The molecule has 1 saturated carbocycles. The average molecular weight is 234 g/mol. The molecule has 0 spiro atoms. The summed E-state index contributed by atoms with van der Waals surface area (Å²) < 4.78 is 1.22. The van der Waals surface area contributed by atoms with Gasteiger partial charge in [-0.2, -0.15) is 0 Å². The number of carbonyl (C=O) groups excluding carboxylic acids is 1. The highest BCUT2D eigenvalue weighted by atomic mass is 32.2. The molecule has 3 rings (SSSR count). The predicted molar refractivity (Wildman–Crippen MR) is 64.0 cm³/mol. The third kappa shape index (κ3) is 1.64. The van der Waals surface area contributed by atoms with E-state index in [1.54, 1.807) is 23.5 Å². The SMILES string of the molecule is O=C1CCCC1=C1Sc2ccccc2S1. The van der Waals surface area contributed by atoms with E-state index >= 15 is 0 Å². The zero-order valence-electron chi connectivity index (χ0n) is 8.16. The van der Waals surface area contributed by atoms with E-state index in [0.29, 0.717) is 5.78 Å². The van der Waals surface area contributed by atoms with Crippen molar-refractivity contribution in [1.29, 1.82) is 0 Å². The van der Waals surface area contributed by atoms with Gasteiger partial charge in [-0.25, -0.2) is 0 Å². The Bertz CT molecular complexity index is 435. The third-order valence-electron chi connectivity index (χ3n) is 2.67. The van der Waals surface area contributed by atoms with Gasteiger partial charge in [0.15, 0.2) is 5.78 Å². The summed E-state index contributed by atoms with van der Waals surface area (Å²) >= 11 is 3.52. The number of rotatable bonds is 0. The number of benzene rings is 1. The lowest BCUT2D eigenvalue weighted by Crippen LogP contribution is -1.92. The lowest BCUT2D eigenvalue weighted by atomic mass is 10.2. The van der Waals surface area contributed by atoms with E-state index in [9.17, 15) is 4.79 Å². The second kappa shape index (κ2) is 3.72. The number of allylic oxidation sites excluding steroid dienone is 1. The number of fused-ring (bicyclic) bond motifs is 1. The largest absolute Gasteiger partial charge is 0.294 e. The first kappa shape index (κ1) is 9.55. The molecule has 1 fully saturated rings. The van der Waals surface area contributed by atoms with E-state index < -0.39 is 0 Å². The van der Waals surface area contributed by atoms with E-state index in [-0.39, 0.29) is 0 Å². The maximum atomic E-state index is 11.6. The van der Waals surface area contributed by atoms with Crippen LogP contribution < -0.4 is 0 Å². The average Bonchev–Trinajstić information content (AvgIpc) is 2.82. The summed E-state index contributed by atoms with van der Waals surface area (Å²) in [5.74, 6) is 0.359. The fourth-order valence-corrected chi connectivity index (χ4v) is 4.56. The second-order valence-corrected chi connectivity index (χ2v) is 6.06. The van der Waals surface area contributed by atoms with Gasteiger partial charge in [0.2, 0.25) is 0 Å². The molecular formula is C12H10OS2. The number of hydrogen-bond acceptors (Lipinski definition) is 3. The van der Waals surface area contributed by atoms with Gasteiger partial charge in [0.25, 0.3) is 0 Å². The molecule has 3 heteroatoms. The molecule has 0 N–H and O–H groups in total. The van der Waals surface area contributed by atoms with Crippen LogP contribution in [0, 0.1) is 0 Å². The molecule has 1 aliphatic carbocycles.